The van der Waals surface area contributed by atoms with Crippen molar-refractivity contribution in [1.82, 2.24) is 5.32 Å². The maximum absolute atomic E-state index is 3.15. The van der Waals surface area contributed by atoms with Crippen molar-refractivity contribution in [3.63, 3.8) is 0 Å². The molecule has 0 aromatic heterocycles. The van der Waals surface area contributed by atoms with E-state index in [2.05, 4.69) is 46.1 Å². The minimum Gasteiger partial charge on any atom is -0.618 e. The summed E-state index contributed by atoms with van der Waals surface area (Å²) in [6.45, 7) is 13.3. The number of rotatable bonds is 0. The van der Waals surface area contributed by atoms with Crippen LogP contribution in [0.5, 0.6) is 0 Å². The Hall–Kier alpha value is 4.38. The summed E-state index contributed by atoms with van der Waals surface area (Å²) < 4.78 is 0. The van der Waals surface area contributed by atoms with Crippen molar-refractivity contribution in [2.45, 2.75) is 27.7 Å². The average molecular weight is 481 g/mol. The Labute approximate surface area is 183 Å². The van der Waals surface area contributed by atoms with Crippen LogP contribution in [0.3, 0.4) is 0 Å². The zero-order chi connectivity index (χ0) is 7.12. The van der Waals surface area contributed by atoms with Crippen LogP contribution in [0.15, 0.2) is 0 Å². The van der Waals surface area contributed by atoms with Gasteiger partial charge in [0, 0.05) is 131 Å². The molecular weight excluding hydrogens is 466 g/mol. The molecule has 0 spiro atoms. The second-order valence-corrected chi connectivity index (χ2v) is 3.90. The van der Waals surface area contributed by atoms with Gasteiger partial charge >= 0.3 is 0 Å². The van der Waals surface area contributed by atoms with Crippen molar-refractivity contribution in [1.29, 1.82) is 0 Å². The van der Waals surface area contributed by atoms with Gasteiger partial charge < -0.3 is 5.32 Å². The van der Waals surface area contributed by atoms with Gasteiger partial charge in [-0.05, 0) is 0 Å². The Morgan fingerprint density at radius 1 is 0.692 bits per heavy atom. The van der Waals surface area contributed by atoms with Gasteiger partial charge in [-0.3, -0.25) is 13.1 Å². The zero-order valence-electron chi connectivity index (χ0n) is 8.96. The molecule has 0 bridgehead atoms. The van der Waals surface area contributed by atoms with E-state index in [1.165, 1.54) is 0 Å². The third kappa shape index (κ3) is 7.41. The van der Waals surface area contributed by atoms with E-state index in [1.807, 2.05) is 0 Å². The summed E-state index contributed by atoms with van der Waals surface area (Å²) in [7, 11) is 0. The molecule has 1 rings (SSSR count). The van der Waals surface area contributed by atoms with Gasteiger partial charge in [0.05, 0.1) is 0 Å². The molecule has 1 aliphatic heterocycles. The molecule has 66 valence electrons. The molecule has 1 saturated heterocycles. The average Bonchev–Trinajstić information content (AvgIpc) is 1.81. The molecule has 1 heterocycles. The first kappa shape index (κ1) is 26.0. The molecule has 1 aliphatic rings. The van der Waals surface area contributed by atoms with E-state index in [4.69, 9.17) is 0 Å². The van der Waals surface area contributed by atoms with Crippen molar-refractivity contribution in [3.8, 4) is 0 Å². The molecule has 1 N–H and O–H groups in total. The molecule has 4 radical (unpaired) electrons. The Kier molecular flexibility index (Phi) is 20.7. The summed E-state index contributed by atoms with van der Waals surface area (Å²) in [6, 6.07) is 0. The van der Waals surface area contributed by atoms with E-state index in [1.54, 1.807) is 0 Å². The minimum absolute atomic E-state index is 0. The third-order valence-corrected chi connectivity index (χ3v) is 2.55. The Bertz CT molecular complexity index is 111. The second kappa shape index (κ2) is 10.3. The smallest absolute Gasteiger partial charge is 0 e. The minimum atomic E-state index is 0. The molecular formula is C8H15NY4-2. The van der Waals surface area contributed by atoms with Crippen LogP contribution < -0.4 is 5.32 Å². The van der Waals surface area contributed by atoms with Gasteiger partial charge in [-0.2, -0.15) is 10.8 Å². The molecule has 0 aliphatic carbocycles. The fourth-order valence-electron chi connectivity index (χ4n) is 0.830. The molecule has 5 heteroatoms. The summed E-state index contributed by atoms with van der Waals surface area (Å²) in [5.74, 6) is 0. The Balaban J connectivity index is -0.000000101. The van der Waals surface area contributed by atoms with Crippen LogP contribution in [0.25, 0.3) is 0 Å². The van der Waals surface area contributed by atoms with Crippen molar-refractivity contribution in [2.24, 2.45) is 10.8 Å². The molecule has 0 saturated carbocycles. The van der Waals surface area contributed by atoms with Crippen molar-refractivity contribution in [2.75, 3.05) is 0 Å². The summed E-state index contributed by atoms with van der Waals surface area (Å²) in [5, 5.41) is 3.15. The monoisotopic (exact) mass is 481 g/mol. The van der Waals surface area contributed by atoms with Gasteiger partial charge in [0.1, 0.15) is 0 Å². The van der Waals surface area contributed by atoms with Crippen LogP contribution in [-0.4, -0.2) is 0 Å². The molecule has 0 aromatic carbocycles. The fourth-order valence-corrected chi connectivity index (χ4v) is 0.830. The quantitative estimate of drug-likeness (QED) is 0.523. The molecule has 0 amide bonds. The van der Waals surface area contributed by atoms with Crippen molar-refractivity contribution >= 4 is 0 Å². The normalized spacial score (nSPS) is 21.2. The van der Waals surface area contributed by atoms with Gasteiger partial charge in [-0.1, -0.05) is 27.7 Å². The molecule has 1 fully saturated rings. The summed E-state index contributed by atoms with van der Waals surface area (Å²) in [6.07, 6.45) is 0. The first-order valence-corrected chi connectivity index (χ1v) is 3.40. The standard InChI is InChI=1S/C8H15N.4Y/c1-7(2)5-9-6-8(7,3)4;;;;/h5-6,9H,1-4H3;;;;/q-2;;;;. The van der Waals surface area contributed by atoms with Crippen molar-refractivity contribution in [3.05, 3.63) is 13.1 Å². The van der Waals surface area contributed by atoms with E-state index in [-0.39, 0.29) is 131 Å². The van der Waals surface area contributed by atoms with Gasteiger partial charge in [-0.25, -0.2) is 0 Å². The van der Waals surface area contributed by atoms with Crippen LogP contribution in [-0.2, 0) is 131 Å². The third-order valence-electron chi connectivity index (χ3n) is 2.55. The second-order valence-electron chi connectivity index (χ2n) is 3.90. The van der Waals surface area contributed by atoms with Crippen LogP contribution in [0.4, 0.5) is 0 Å². The predicted octanol–water partition coefficient (Wildman–Crippen LogP) is 1.96. The van der Waals surface area contributed by atoms with Gasteiger partial charge in [-0.15, -0.1) is 0 Å². The molecule has 13 heavy (non-hydrogen) atoms. The number of hydrogen-bond donors (Lipinski definition) is 1. The van der Waals surface area contributed by atoms with Crippen LogP contribution in [0.2, 0.25) is 0 Å². The van der Waals surface area contributed by atoms with Gasteiger partial charge in [0.25, 0.3) is 0 Å². The first-order valence-electron chi connectivity index (χ1n) is 3.40. The van der Waals surface area contributed by atoms with Gasteiger partial charge in [0.2, 0.25) is 0 Å². The van der Waals surface area contributed by atoms with Gasteiger partial charge in [0.15, 0.2) is 0 Å². The zero-order valence-corrected chi connectivity index (χ0v) is 20.3. The van der Waals surface area contributed by atoms with Crippen LogP contribution in [0.1, 0.15) is 27.7 Å². The summed E-state index contributed by atoms with van der Waals surface area (Å²) in [4.78, 5) is 0. The number of nitrogens with one attached hydrogen (secondary N) is 1. The SMILES string of the molecule is CC1(C)[CH-]N[CH-]C1(C)C.[Y].[Y].[Y].[Y]. The van der Waals surface area contributed by atoms with E-state index >= 15 is 0 Å². The van der Waals surface area contributed by atoms with Crippen molar-refractivity contribution < 1.29 is 131 Å². The van der Waals surface area contributed by atoms with E-state index < -0.39 is 0 Å². The van der Waals surface area contributed by atoms with E-state index in [0.29, 0.717) is 10.8 Å². The maximum atomic E-state index is 3.15. The van der Waals surface area contributed by atoms with Crippen LogP contribution in [0, 0.1) is 23.9 Å². The summed E-state index contributed by atoms with van der Waals surface area (Å²) >= 11 is 0. The first-order chi connectivity index (χ1) is 3.96. The maximum Gasteiger partial charge on any atom is 0 e. The molecule has 0 atom stereocenters. The van der Waals surface area contributed by atoms with E-state index in [9.17, 15) is 0 Å². The predicted molar refractivity (Wildman–Crippen MR) is 39.3 cm³/mol. The Morgan fingerprint density at radius 3 is 1.00 bits per heavy atom. The molecule has 0 unspecified atom stereocenters. The fraction of sp³-hybridized carbons (Fsp3) is 0.750. The number of hydrogen-bond acceptors (Lipinski definition) is 1. The van der Waals surface area contributed by atoms with E-state index in [0.717, 1.165) is 0 Å². The molecule has 0 aromatic rings. The summed E-state index contributed by atoms with van der Waals surface area (Å²) in [5.41, 5.74) is 0.597. The Morgan fingerprint density at radius 2 is 0.923 bits per heavy atom. The molecule has 1 nitrogen and oxygen atoms in total. The van der Waals surface area contributed by atoms with Crippen LogP contribution >= 0.6 is 0 Å². The topological polar surface area (TPSA) is 12.0 Å². The largest absolute Gasteiger partial charge is 0.618 e.